The van der Waals surface area contributed by atoms with E-state index in [1.807, 2.05) is 0 Å². The van der Waals surface area contributed by atoms with Gasteiger partial charge in [-0.2, -0.15) is 0 Å². The maximum atomic E-state index is 2.26. The standard InChI is InChI=1S/C12H8Xe.CH4/c1-3-7-11-9(5-1)10-6-2-4-8-12(10)13-11;/h1-8H;1H4. The molecule has 14 heavy (non-hydrogen) atoms. The molecular formula is C13H12Xe. The molecular weight excluding hydrogens is 287 g/mol. The van der Waals surface area contributed by atoms with E-state index in [1.54, 1.807) is 0.0628 Å². The first-order chi connectivity index (χ1) is 6.45. The Morgan fingerprint density at radius 2 is 1.07 bits per heavy atom. The molecule has 0 aromatic heterocycles. The second kappa shape index (κ2) is 4.25. The number of hydrogen-bond acceptors (Lipinski definition) is 0. The van der Waals surface area contributed by atoms with Crippen LogP contribution in [0.5, 0.6) is 0 Å². The number of benzene rings is 2. The van der Waals surface area contributed by atoms with Gasteiger partial charge in [0, 0.05) is 0 Å². The van der Waals surface area contributed by atoms with Gasteiger partial charge in [-0.3, -0.25) is 0 Å². The Morgan fingerprint density at radius 3 is 1.57 bits per heavy atom. The summed E-state index contributed by atoms with van der Waals surface area (Å²) in [5.41, 5.74) is 2.91. The van der Waals surface area contributed by atoms with E-state index >= 15 is 0 Å². The molecule has 1 aliphatic rings. The molecule has 0 saturated carbocycles. The fraction of sp³-hybridized carbons (Fsp3) is 0.0769. The van der Waals surface area contributed by atoms with Gasteiger partial charge in [-0.15, -0.1) is 0 Å². The van der Waals surface area contributed by atoms with Crippen LogP contribution in [0.15, 0.2) is 48.5 Å². The SMILES string of the molecule is C.c1ccc2c(c1)[Xe]c1ccccc1-2. The molecule has 0 atom stereocenters. The molecule has 3 rings (SSSR count). The molecule has 0 saturated heterocycles. The Hall–Kier alpha value is 0.0114. The van der Waals surface area contributed by atoms with E-state index < -0.39 is 0 Å². The van der Waals surface area contributed by atoms with Crippen molar-refractivity contribution in [3.8, 4) is 11.1 Å². The summed E-state index contributed by atoms with van der Waals surface area (Å²) < 4.78 is 3.10. The second-order valence-electron chi connectivity index (χ2n) is 3.02. The Balaban J connectivity index is 0.000000750. The Labute approximate surface area is 110 Å². The summed E-state index contributed by atoms with van der Waals surface area (Å²) in [6.45, 7) is 0. The van der Waals surface area contributed by atoms with Crippen molar-refractivity contribution in [2.75, 3.05) is 0 Å². The topological polar surface area (TPSA) is 0 Å². The van der Waals surface area contributed by atoms with Gasteiger partial charge < -0.3 is 0 Å². The molecule has 0 spiro atoms. The fourth-order valence-electron chi connectivity index (χ4n) is 1.60. The molecule has 0 bridgehead atoms. The fourth-order valence-corrected chi connectivity index (χ4v) is 4.33. The molecule has 0 fully saturated rings. The van der Waals surface area contributed by atoms with E-state index in [1.165, 1.54) is 11.1 Å². The van der Waals surface area contributed by atoms with E-state index in [0.717, 1.165) is 0 Å². The summed E-state index contributed by atoms with van der Waals surface area (Å²) in [5.74, 6) is 0. The molecule has 0 nitrogen and oxygen atoms in total. The number of hydrogen-bond donors (Lipinski definition) is 0. The van der Waals surface area contributed by atoms with Crippen LogP contribution in [0.1, 0.15) is 7.43 Å². The predicted octanol–water partition coefficient (Wildman–Crippen LogP) is 2.34. The van der Waals surface area contributed by atoms with Crippen molar-refractivity contribution < 1.29 is 44.2 Å². The van der Waals surface area contributed by atoms with Crippen LogP contribution in [0.3, 0.4) is 0 Å². The average molecular weight is 300 g/mol. The summed E-state index contributed by atoms with van der Waals surface area (Å²) in [7, 11) is 0. The van der Waals surface area contributed by atoms with Gasteiger partial charge in [0.15, 0.2) is 0 Å². The van der Waals surface area contributed by atoms with Gasteiger partial charge in [-0.1, -0.05) is 7.43 Å². The van der Waals surface area contributed by atoms with Crippen molar-refractivity contribution in [2.24, 2.45) is 0 Å². The van der Waals surface area contributed by atoms with Gasteiger partial charge in [0.25, 0.3) is 0 Å². The Bertz CT molecular complexity index is 417. The first kappa shape index (κ1) is 10.5. The third kappa shape index (κ3) is 1.62. The van der Waals surface area contributed by atoms with E-state index in [-0.39, 0.29) is 51.6 Å². The summed E-state index contributed by atoms with van der Waals surface area (Å²) in [6.07, 6.45) is 0. The van der Waals surface area contributed by atoms with Crippen LogP contribution < -0.4 is 0.0628 Å². The van der Waals surface area contributed by atoms with E-state index in [4.69, 9.17) is 0 Å². The van der Waals surface area contributed by atoms with Crippen LogP contribution in [0, 0.1) is 44.2 Å². The predicted molar refractivity (Wildman–Crippen MR) is 57.9 cm³/mol. The zero-order chi connectivity index (χ0) is 8.67. The van der Waals surface area contributed by atoms with E-state index in [2.05, 4.69) is 48.5 Å². The molecule has 0 amide bonds. The van der Waals surface area contributed by atoms with Gasteiger partial charge in [-0.05, 0) is 0 Å². The number of rotatable bonds is 0. The van der Waals surface area contributed by atoms with Crippen LogP contribution in [-0.2, 0) is 0 Å². The minimum absolute atomic E-state index is 0. The van der Waals surface area contributed by atoms with Crippen molar-refractivity contribution in [2.45, 2.75) is 7.43 Å². The third-order valence-corrected chi connectivity index (χ3v) is 5.05. The Morgan fingerprint density at radius 1 is 0.643 bits per heavy atom. The van der Waals surface area contributed by atoms with E-state index in [9.17, 15) is 0 Å². The van der Waals surface area contributed by atoms with Gasteiger partial charge in [0.2, 0.25) is 0 Å². The molecule has 0 N–H and O–H groups in total. The van der Waals surface area contributed by atoms with Crippen LogP contribution in [0.25, 0.3) is 11.1 Å². The van der Waals surface area contributed by atoms with Crippen LogP contribution in [0.2, 0.25) is 0 Å². The minimum atomic E-state index is 0. The van der Waals surface area contributed by atoms with Crippen molar-refractivity contribution in [3.63, 3.8) is 0 Å². The second-order valence-corrected chi connectivity index (χ2v) is 5.70. The maximum absolute atomic E-state index is 2.26. The zero-order valence-electron chi connectivity index (χ0n) is 6.97. The van der Waals surface area contributed by atoms with Crippen LogP contribution in [0.4, 0.5) is 0 Å². The Kier molecular flexibility index (Phi) is 3.20. The molecule has 72 valence electrons. The van der Waals surface area contributed by atoms with Gasteiger partial charge in [0.05, 0.1) is 0 Å². The number of fused-ring (bicyclic) bond motifs is 3. The quantitative estimate of drug-likeness (QED) is 0.598. The summed E-state index contributed by atoms with van der Waals surface area (Å²) in [4.78, 5) is 0. The molecule has 1 heteroatoms. The van der Waals surface area contributed by atoms with Crippen molar-refractivity contribution in [1.82, 2.24) is 0 Å². The summed E-state index contributed by atoms with van der Waals surface area (Å²) in [5, 5.41) is 0. The first-order valence-corrected chi connectivity index (χ1v) is 6.28. The van der Waals surface area contributed by atoms with Crippen LogP contribution >= 0.6 is 0 Å². The molecule has 2 aromatic carbocycles. The summed E-state index contributed by atoms with van der Waals surface area (Å²) >= 11 is 0.285. The monoisotopic (exact) mass is 300 g/mol. The van der Waals surface area contributed by atoms with Gasteiger partial charge >= 0.3 is 104 Å². The van der Waals surface area contributed by atoms with Crippen molar-refractivity contribution >= 4 is 0.0628 Å². The molecule has 0 aliphatic carbocycles. The molecule has 0 radical (unpaired) electrons. The van der Waals surface area contributed by atoms with Gasteiger partial charge in [-0.25, -0.2) is 0 Å². The molecule has 1 aliphatic heterocycles. The zero-order valence-corrected chi connectivity index (χ0v) is 8.99. The molecule has 0 unspecified atom stereocenters. The average Bonchev–Trinajstić information content (AvgIpc) is 2.56. The summed E-state index contributed by atoms with van der Waals surface area (Å²) in [6, 6.07) is 17.5. The molecule has 1 heterocycles. The van der Waals surface area contributed by atoms with E-state index in [0.29, 0.717) is 0 Å². The van der Waals surface area contributed by atoms with Crippen molar-refractivity contribution in [1.29, 1.82) is 0 Å². The van der Waals surface area contributed by atoms with Gasteiger partial charge in [0.1, 0.15) is 0 Å². The third-order valence-electron chi connectivity index (χ3n) is 2.21. The van der Waals surface area contributed by atoms with Crippen LogP contribution in [-0.4, -0.2) is 0 Å². The molecule has 2 aromatic rings. The van der Waals surface area contributed by atoms with Crippen molar-refractivity contribution in [3.05, 3.63) is 48.5 Å². The first-order valence-electron chi connectivity index (χ1n) is 4.26. The normalized spacial score (nSPS) is 12.0.